The number of hydrogen-bond donors (Lipinski definition) is 3. The van der Waals surface area contributed by atoms with Crippen LogP contribution in [0.3, 0.4) is 0 Å². The number of carboxylic acid groups (broad SMARTS) is 1. The lowest BCUT2D eigenvalue weighted by molar-refractivity contribution is -0.123. The van der Waals surface area contributed by atoms with E-state index in [0.29, 0.717) is 18.9 Å². The van der Waals surface area contributed by atoms with Gasteiger partial charge in [0.05, 0.1) is 23.8 Å². The van der Waals surface area contributed by atoms with Gasteiger partial charge in [0.25, 0.3) is 0 Å². The molecule has 2 rings (SSSR count). The summed E-state index contributed by atoms with van der Waals surface area (Å²) in [6, 6.07) is 4.38. The van der Waals surface area contributed by atoms with E-state index in [1.54, 1.807) is 6.07 Å². The van der Waals surface area contributed by atoms with E-state index in [9.17, 15) is 9.59 Å². The zero-order chi connectivity index (χ0) is 13.8. The second-order valence-corrected chi connectivity index (χ2v) is 4.51. The molecule has 0 aliphatic carbocycles. The first-order valence-corrected chi connectivity index (χ1v) is 6.09. The van der Waals surface area contributed by atoms with Crippen molar-refractivity contribution in [1.82, 2.24) is 0 Å². The van der Waals surface area contributed by atoms with Crippen molar-refractivity contribution in [1.29, 1.82) is 0 Å². The number of carboxylic acids is 1. The molecule has 1 amide bonds. The third-order valence-electron chi connectivity index (χ3n) is 3.06. The van der Waals surface area contributed by atoms with Gasteiger partial charge in [-0.1, -0.05) is 0 Å². The number of nitrogens with one attached hydrogen (secondary N) is 1. The molecule has 0 aromatic heterocycles. The van der Waals surface area contributed by atoms with E-state index in [4.69, 9.17) is 15.6 Å². The zero-order valence-electron chi connectivity index (χ0n) is 10.4. The Morgan fingerprint density at radius 2 is 2.21 bits per heavy atom. The predicted molar refractivity (Wildman–Crippen MR) is 70.0 cm³/mol. The van der Waals surface area contributed by atoms with Gasteiger partial charge >= 0.3 is 5.97 Å². The van der Waals surface area contributed by atoms with Gasteiger partial charge in [-0.15, -0.1) is 0 Å². The molecule has 0 saturated carbocycles. The molecular weight excluding hydrogens is 248 g/mol. The van der Waals surface area contributed by atoms with Crippen LogP contribution in [0.25, 0.3) is 0 Å². The fourth-order valence-electron chi connectivity index (χ4n) is 2.03. The van der Waals surface area contributed by atoms with Crippen molar-refractivity contribution in [2.24, 2.45) is 5.92 Å². The first-order chi connectivity index (χ1) is 9.08. The molecule has 1 unspecified atom stereocenters. The summed E-state index contributed by atoms with van der Waals surface area (Å²) in [6.07, 6.45) is 1.59. The minimum Gasteiger partial charge on any atom is -0.478 e. The Balaban J connectivity index is 2.13. The predicted octanol–water partition coefficient (Wildman–Crippen LogP) is 1.33. The lowest BCUT2D eigenvalue weighted by Gasteiger charge is -2.21. The summed E-state index contributed by atoms with van der Waals surface area (Å²) >= 11 is 0. The van der Waals surface area contributed by atoms with Crippen LogP contribution in [0.5, 0.6) is 0 Å². The summed E-state index contributed by atoms with van der Waals surface area (Å²) in [5.74, 6) is -1.57. The van der Waals surface area contributed by atoms with Crippen LogP contribution in [0.15, 0.2) is 18.2 Å². The number of nitrogens with two attached hydrogens (primary N) is 1. The fourth-order valence-corrected chi connectivity index (χ4v) is 2.03. The maximum absolute atomic E-state index is 12.0. The molecule has 1 atom stereocenters. The van der Waals surface area contributed by atoms with Crippen molar-refractivity contribution in [3.63, 3.8) is 0 Å². The van der Waals surface area contributed by atoms with Gasteiger partial charge in [0, 0.05) is 12.3 Å². The largest absolute Gasteiger partial charge is 0.478 e. The number of amides is 1. The van der Waals surface area contributed by atoms with Crippen LogP contribution >= 0.6 is 0 Å². The molecule has 1 saturated heterocycles. The molecule has 102 valence electrons. The lowest BCUT2D eigenvalue weighted by atomic mass is 10.0. The molecule has 0 bridgehead atoms. The van der Waals surface area contributed by atoms with Gasteiger partial charge in [-0.2, -0.15) is 0 Å². The normalized spacial score (nSPS) is 18.8. The number of anilines is 2. The van der Waals surface area contributed by atoms with Crippen molar-refractivity contribution in [3.05, 3.63) is 23.8 Å². The van der Waals surface area contributed by atoms with Gasteiger partial charge in [-0.3, -0.25) is 4.79 Å². The third kappa shape index (κ3) is 3.23. The van der Waals surface area contributed by atoms with Crippen LogP contribution in [0.2, 0.25) is 0 Å². The van der Waals surface area contributed by atoms with Crippen molar-refractivity contribution >= 4 is 23.3 Å². The number of hydrogen-bond acceptors (Lipinski definition) is 4. The minimum atomic E-state index is -1.12. The minimum absolute atomic E-state index is 0.00919. The summed E-state index contributed by atoms with van der Waals surface area (Å²) in [4.78, 5) is 23.1. The van der Waals surface area contributed by atoms with E-state index >= 15 is 0 Å². The van der Waals surface area contributed by atoms with Crippen molar-refractivity contribution in [2.45, 2.75) is 12.8 Å². The van der Waals surface area contributed by atoms with Gasteiger partial charge < -0.3 is 20.9 Å². The van der Waals surface area contributed by atoms with Crippen molar-refractivity contribution < 1.29 is 19.4 Å². The maximum atomic E-state index is 12.0. The number of aromatic carboxylic acids is 1. The van der Waals surface area contributed by atoms with Crippen LogP contribution in [0.1, 0.15) is 23.2 Å². The third-order valence-corrected chi connectivity index (χ3v) is 3.06. The Hall–Kier alpha value is -2.08. The molecule has 6 heteroatoms. The number of benzene rings is 1. The van der Waals surface area contributed by atoms with E-state index in [0.717, 1.165) is 12.8 Å². The number of carbonyl (C=O) groups is 2. The summed E-state index contributed by atoms with van der Waals surface area (Å²) in [5, 5.41) is 11.7. The highest BCUT2D eigenvalue weighted by Gasteiger charge is 2.23. The number of ether oxygens (including phenoxy) is 1. The molecule has 0 spiro atoms. The Kier molecular flexibility index (Phi) is 4.01. The molecule has 1 aliphatic heterocycles. The topological polar surface area (TPSA) is 102 Å². The average molecular weight is 264 g/mol. The summed E-state index contributed by atoms with van der Waals surface area (Å²) in [7, 11) is 0. The Labute approximate surface area is 110 Å². The summed E-state index contributed by atoms with van der Waals surface area (Å²) in [5.41, 5.74) is 6.14. The highest BCUT2D eigenvalue weighted by Crippen LogP contribution is 2.21. The van der Waals surface area contributed by atoms with Gasteiger partial charge in [0.2, 0.25) is 5.91 Å². The fraction of sp³-hybridized carbons (Fsp3) is 0.385. The first kappa shape index (κ1) is 13.4. The standard InChI is InChI=1S/C13H16N2O4/c14-9-3-4-11(10(6-9)13(17)18)15-12(16)8-2-1-5-19-7-8/h3-4,6,8H,1-2,5,7,14H2,(H,15,16)(H,17,18). The van der Waals surface area contributed by atoms with E-state index in [1.165, 1.54) is 12.1 Å². The SMILES string of the molecule is Nc1ccc(NC(=O)C2CCCOC2)c(C(=O)O)c1. The molecule has 19 heavy (non-hydrogen) atoms. The van der Waals surface area contributed by atoms with Crippen LogP contribution in [0, 0.1) is 5.92 Å². The van der Waals surface area contributed by atoms with Crippen molar-refractivity contribution in [3.8, 4) is 0 Å². The van der Waals surface area contributed by atoms with Gasteiger partial charge in [-0.25, -0.2) is 4.79 Å². The second-order valence-electron chi connectivity index (χ2n) is 4.51. The Morgan fingerprint density at radius 1 is 1.42 bits per heavy atom. The maximum Gasteiger partial charge on any atom is 0.337 e. The van der Waals surface area contributed by atoms with Gasteiger partial charge in [-0.05, 0) is 31.0 Å². The molecule has 1 aliphatic rings. The lowest BCUT2D eigenvalue weighted by Crippen LogP contribution is -2.30. The molecule has 1 aromatic rings. The van der Waals surface area contributed by atoms with E-state index < -0.39 is 5.97 Å². The van der Waals surface area contributed by atoms with E-state index in [2.05, 4.69) is 5.32 Å². The highest BCUT2D eigenvalue weighted by molar-refractivity contribution is 6.01. The smallest absolute Gasteiger partial charge is 0.337 e. The Morgan fingerprint density at radius 3 is 2.84 bits per heavy atom. The Bertz CT molecular complexity index is 495. The summed E-state index contributed by atoms with van der Waals surface area (Å²) in [6.45, 7) is 1.05. The van der Waals surface area contributed by atoms with Crippen molar-refractivity contribution in [2.75, 3.05) is 24.3 Å². The number of nitrogen functional groups attached to an aromatic ring is 1. The average Bonchev–Trinajstić information content (AvgIpc) is 2.41. The molecule has 6 nitrogen and oxygen atoms in total. The number of carbonyl (C=O) groups excluding carboxylic acids is 1. The summed E-state index contributed by atoms with van der Waals surface area (Å²) < 4.78 is 5.24. The second kappa shape index (κ2) is 5.71. The van der Waals surface area contributed by atoms with E-state index in [1.807, 2.05) is 0 Å². The molecule has 1 heterocycles. The van der Waals surface area contributed by atoms with E-state index in [-0.39, 0.29) is 23.1 Å². The van der Waals surface area contributed by atoms with Crippen LogP contribution in [-0.2, 0) is 9.53 Å². The molecule has 1 aromatic carbocycles. The zero-order valence-corrected chi connectivity index (χ0v) is 10.4. The monoisotopic (exact) mass is 264 g/mol. The van der Waals surface area contributed by atoms with Crippen LogP contribution in [0.4, 0.5) is 11.4 Å². The van der Waals surface area contributed by atoms with Crippen LogP contribution < -0.4 is 11.1 Å². The number of rotatable bonds is 3. The first-order valence-electron chi connectivity index (χ1n) is 6.09. The van der Waals surface area contributed by atoms with Crippen LogP contribution in [-0.4, -0.2) is 30.2 Å². The van der Waals surface area contributed by atoms with Gasteiger partial charge in [0.1, 0.15) is 0 Å². The molecule has 4 N–H and O–H groups in total. The highest BCUT2D eigenvalue weighted by atomic mass is 16.5. The molecule has 0 radical (unpaired) electrons. The quantitative estimate of drug-likeness (QED) is 0.715. The molecule has 1 fully saturated rings. The molecular formula is C13H16N2O4. The van der Waals surface area contributed by atoms with Gasteiger partial charge in [0.15, 0.2) is 0 Å².